The van der Waals surface area contributed by atoms with Gasteiger partial charge in [-0.15, -0.1) is 0 Å². The normalized spacial score (nSPS) is 19.6. The van der Waals surface area contributed by atoms with Gasteiger partial charge in [0.15, 0.2) is 0 Å². The summed E-state index contributed by atoms with van der Waals surface area (Å²) in [4.78, 5) is 0. The van der Waals surface area contributed by atoms with E-state index in [1.807, 2.05) is 48.5 Å². The van der Waals surface area contributed by atoms with Gasteiger partial charge in [0.05, 0.1) is 0 Å². The van der Waals surface area contributed by atoms with Gasteiger partial charge in [-0.05, 0) is 315 Å². The van der Waals surface area contributed by atoms with Crippen molar-refractivity contribution in [2.45, 2.75) is 317 Å². The Hall–Kier alpha value is -9.52. The second kappa shape index (κ2) is 27.1. The third-order valence-electron chi connectivity index (χ3n) is 31.8. The monoisotopic (exact) mass is 1700 g/mol. The Morgan fingerprint density at radius 2 is 0.504 bits per heavy atom. The van der Waals surface area contributed by atoms with Crippen LogP contribution in [-0.2, 0) is 70.4 Å². The average Bonchev–Trinajstić information content (AvgIpc) is 1.50. The van der Waals surface area contributed by atoms with Gasteiger partial charge in [0.25, 0.3) is 0 Å². The molecule has 18 rings (SSSR count). The number of halogens is 6. The van der Waals surface area contributed by atoms with E-state index in [0.29, 0.717) is 22.3 Å². The molecule has 0 heterocycles. The highest BCUT2D eigenvalue weighted by molar-refractivity contribution is 6.00. The third kappa shape index (κ3) is 13.0. The van der Waals surface area contributed by atoms with Crippen molar-refractivity contribution in [2.75, 3.05) is 0 Å². The molecule has 3 unspecified atom stereocenters. The van der Waals surface area contributed by atoms with E-state index in [1.165, 1.54) is 27.8 Å². The minimum Gasteiger partial charge on any atom is -0.170 e. The lowest BCUT2D eigenvalue weighted by Gasteiger charge is -2.44. The van der Waals surface area contributed by atoms with Crippen molar-refractivity contribution in [2.24, 2.45) is 11.3 Å². The smallest absolute Gasteiger partial charge is 0.170 e. The van der Waals surface area contributed by atoms with Gasteiger partial charge in [-0.25, -0.2) is 0 Å². The Balaban J connectivity index is 0.972. The summed E-state index contributed by atoms with van der Waals surface area (Å²) < 4.78 is 121. The zero-order valence-corrected chi connectivity index (χ0v) is 81.6. The molecule has 0 radical (unpaired) electrons. The number of allylic oxidation sites excluding steroid dienone is 4. The SMILES string of the molecule is CC(C)(C)C1=CC2C(C(c3ccc4c(c3)C(CC3(C(F)(F)F)c5cc(-c6cc(C(C)(C)C)cc7c6-c6ccc(C(C)(C)C)cc6C7(C)C)ccc5-c5ccc(-c6cc(C(C)(C)C)cc7c6-c6ccc(C(C)(C)C)cc6C7(C)C)cc53)(C(F)(F)F)c3cc(-c5cc(C(C)(C)C)cc6c5-c5ccc(C(C)(C)C)cc5C6(C)C)ccc3-4)=C1)c1ccc(C(C)(C)C)cc1C2(C)C. The summed E-state index contributed by atoms with van der Waals surface area (Å²) in [7, 11) is 0. The molecule has 0 fully saturated rings. The number of rotatable bonds is 6. The Kier molecular flexibility index (Phi) is 18.8. The van der Waals surface area contributed by atoms with E-state index in [0.717, 1.165) is 117 Å². The summed E-state index contributed by atoms with van der Waals surface area (Å²) >= 11 is 0. The van der Waals surface area contributed by atoms with Gasteiger partial charge in [-0.2, -0.15) is 26.3 Å². The average molecular weight is 1700 g/mol. The van der Waals surface area contributed by atoms with Crippen LogP contribution >= 0.6 is 0 Å². The zero-order chi connectivity index (χ0) is 92.4. The highest BCUT2D eigenvalue weighted by Gasteiger charge is 2.72. The molecule has 0 nitrogen and oxygen atoms in total. The molecular weight excluding hydrogens is 1570 g/mol. The molecule has 3 atom stereocenters. The quantitative estimate of drug-likeness (QED) is 0.146. The van der Waals surface area contributed by atoms with Gasteiger partial charge >= 0.3 is 12.4 Å². The maximum absolute atomic E-state index is 20.1. The maximum Gasteiger partial charge on any atom is 0.402 e. The first kappa shape index (κ1) is 88.1. The fraction of sp³-hybridized carbons (Fsp3) is 0.421. The van der Waals surface area contributed by atoms with Crippen molar-refractivity contribution >= 4 is 5.57 Å². The van der Waals surface area contributed by atoms with Crippen molar-refractivity contribution in [1.29, 1.82) is 0 Å². The van der Waals surface area contributed by atoms with Gasteiger partial charge in [-0.1, -0.05) is 373 Å². The molecule has 0 N–H and O–H groups in total. The van der Waals surface area contributed by atoms with Crippen molar-refractivity contribution < 1.29 is 26.3 Å². The lowest BCUT2D eigenvalue weighted by Crippen LogP contribution is -2.53. The van der Waals surface area contributed by atoms with Crippen LogP contribution in [-0.4, -0.2) is 12.4 Å². The topological polar surface area (TPSA) is 0 Å². The Morgan fingerprint density at radius 1 is 0.244 bits per heavy atom. The lowest BCUT2D eigenvalue weighted by molar-refractivity contribution is -0.214. The predicted octanol–water partition coefficient (Wildman–Crippen LogP) is 34.5. The summed E-state index contributed by atoms with van der Waals surface area (Å²) in [5, 5.41) is 0. The van der Waals surface area contributed by atoms with Crippen LogP contribution in [0.1, 0.15) is 345 Å². The second-order valence-electron chi connectivity index (χ2n) is 49.8. The minimum absolute atomic E-state index is 0.117. The van der Waals surface area contributed by atoms with Crippen molar-refractivity contribution in [1.82, 2.24) is 0 Å². The molecule has 658 valence electrons. The zero-order valence-electron chi connectivity index (χ0n) is 81.6. The molecule has 127 heavy (non-hydrogen) atoms. The van der Waals surface area contributed by atoms with Crippen molar-refractivity contribution in [3.8, 4) is 89.0 Å². The Bertz CT molecular complexity index is 6440. The summed E-state index contributed by atoms with van der Waals surface area (Å²) in [5.74, 6) is -0.421. The summed E-state index contributed by atoms with van der Waals surface area (Å²) in [6, 6.07) is 62.4. The molecule has 11 aromatic rings. The van der Waals surface area contributed by atoms with E-state index in [1.54, 1.807) is 24.3 Å². The highest BCUT2D eigenvalue weighted by atomic mass is 19.4. The molecule has 0 spiro atoms. The van der Waals surface area contributed by atoms with Crippen LogP contribution in [0.2, 0.25) is 0 Å². The molecule has 0 saturated carbocycles. The van der Waals surface area contributed by atoms with Gasteiger partial charge in [0, 0.05) is 22.2 Å². The van der Waals surface area contributed by atoms with Gasteiger partial charge in [0.1, 0.15) is 10.8 Å². The van der Waals surface area contributed by atoms with Crippen LogP contribution in [0.25, 0.3) is 94.6 Å². The number of fused-ring (bicyclic) bond motifs is 18. The predicted molar refractivity (Wildman–Crippen MR) is 523 cm³/mol. The van der Waals surface area contributed by atoms with Gasteiger partial charge in [0.2, 0.25) is 0 Å². The van der Waals surface area contributed by atoms with Crippen LogP contribution in [0.3, 0.4) is 0 Å². The fourth-order valence-electron chi connectivity index (χ4n) is 23.6. The molecule has 6 heteroatoms. The van der Waals surface area contributed by atoms with Gasteiger partial charge in [-0.3, -0.25) is 0 Å². The molecule has 0 amide bonds. The molecular formula is C121H132F6. The minimum atomic E-state index is -5.43. The van der Waals surface area contributed by atoms with E-state index in [-0.39, 0.29) is 78.0 Å². The number of hydrogen-bond donors (Lipinski definition) is 0. The van der Waals surface area contributed by atoms with Crippen molar-refractivity contribution in [3.05, 3.63) is 311 Å². The fourth-order valence-corrected chi connectivity index (χ4v) is 23.6. The van der Waals surface area contributed by atoms with Crippen LogP contribution in [0.15, 0.2) is 200 Å². The molecule has 7 aliphatic rings. The lowest BCUT2D eigenvalue weighted by atomic mass is 9.61. The first-order valence-corrected chi connectivity index (χ1v) is 46.6. The van der Waals surface area contributed by atoms with Gasteiger partial charge < -0.3 is 0 Å². The molecule has 0 aliphatic heterocycles. The Labute approximate surface area is 755 Å². The summed E-state index contributed by atoms with van der Waals surface area (Å²) in [5.41, 5.74) is 17.5. The maximum atomic E-state index is 20.1. The molecule has 11 aromatic carbocycles. The van der Waals surface area contributed by atoms with E-state index in [2.05, 4.69) is 343 Å². The number of alkyl halides is 6. The summed E-state index contributed by atoms with van der Waals surface area (Å²) in [6.07, 6.45) is -7.67. The van der Waals surface area contributed by atoms with Crippen LogP contribution < -0.4 is 0 Å². The Morgan fingerprint density at radius 3 is 0.787 bits per heavy atom. The number of benzene rings is 11. The standard InChI is InChI=1S/C121H132F6/c1-106(2,3)70-37-45-82-90(57-70)114(25,26)98-61-74(110(13,14)15)53-86(102(82)98)66-33-41-78-79-42-34-67(87-54-75(111(16,17)18)62-99-103(87)83-46-38-71(107(4,5)6)58-91(83)115(99,27)28)50-95(79)118(94(78)49-66,120(122,123)124)65-119(121(125,126)127)96-51-68(88-55-76(112(19,20)21)63-100-104(88)84-47-39-72(108(7,8)9)59-92(84)116(100,29)30)35-43-80(96)81-44-36-69(52-97(81)119)89-56-77(113(22,23)24)64-101-105(89)85-48-40-73(109(10,11)12)60-93(85)117(101,31)32/h33-64,98,102H,65H2,1-32H3. The second-order valence-corrected chi connectivity index (χ2v) is 49.8. The first-order chi connectivity index (χ1) is 58.2. The van der Waals surface area contributed by atoms with Crippen LogP contribution in [0.4, 0.5) is 26.3 Å². The van der Waals surface area contributed by atoms with E-state index in [4.69, 9.17) is 0 Å². The summed E-state index contributed by atoms with van der Waals surface area (Å²) in [6.45, 7) is 70.9. The molecule has 0 saturated heterocycles. The van der Waals surface area contributed by atoms with Crippen LogP contribution in [0.5, 0.6) is 0 Å². The first-order valence-electron chi connectivity index (χ1n) is 46.6. The van der Waals surface area contributed by atoms with E-state index >= 15 is 26.3 Å². The molecule has 7 aliphatic carbocycles. The number of hydrogen-bond acceptors (Lipinski definition) is 0. The largest absolute Gasteiger partial charge is 0.402 e. The third-order valence-corrected chi connectivity index (χ3v) is 31.8. The highest BCUT2D eigenvalue weighted by Crippen LogP contribution is 2.71. The van der Waals surface area contributed by atoms with E-state index in [9.17, 15) is 0 Å². The van der Waals surface area contributed by atoms with Crippen LogP contribution in [0, 0.1) is 11.3 Å². The van der Waals surface area contributed by atoms with Crippen molar-refractivity contribution in [3.63, 3.8) is 0 Å². The molecule has 0 bridgehead atoms. The van der Waals surface area contributed by atoms with E-state index < -0.39 is 72.9 Å². The molecule has 0 aromatic heterocycles.